The highest BCUT2D eigenvalue weighted by molar-refractivity contribution is 7.90. The van der Waals surface area contributed by atoms with E-state index in [4.69, 9.17) is 9.47 Å². The van der Waals surface area contributed by atoms with Gasteiger partial charge in [-0.25, -0.2) is 13.4 Å². The van der Waals surface area contributed by atoms with Crippen molar-refractivity contribution >= 4 is 21.4 Å². The zero-order valence-corrected chi connectivity index (χ0v) is 18.2. The Morgan fingerprint density at radius 1 is 0.968 bits per heavy atom. The van der Waals surface area contributed by atoms with Crippen molar-refractivity contribution in [1.29, 1.82) is 0 Å². The molecule has 0 aliphatic heterocycles. The van der Waals surface area contributed by atoms with Gasteiger partial charge in [0.2, 0.25) is 11.8 Å². The summed E-state index contributed by atoms with van der Waals surface area (Å²) >= 11 is 0. The first-order valence-electron chi connectivity index (χ1n) is 9.73. The number of sulfone groups is 1. The number of benzene rings is 2. The number of amides is 1. The molecule has 1 N–H and O–H groups in total. The number of hydrogen-bond acceptors (Lipinski definition) is 6. The van der Waals surface area contributed by atoms with E-state index >= 15 is 0 Å². The van der Waals surface area contributed by atoms with Gasteiger partial charge in [0, 0.05) is 18.7 Å². The lowest BCUT2D eigenvalue weighted by atomic mass is 10.2. The first kappa shape index (κ1) is 22.3. The Kier molecular flexibility index (Phi) is 7.25. The summed E-state index contributed by atoms with van der Waals surface area (Å²) < 4.78 is 34.1. The molecule has 0 bridgehead atoms. The zero-order valence-electron chi connectivity index (χ0n) is 17.4. The van der Waals surface area contributed by atoms with Crippen LogP contribution in [0, 0.1) is 6.92 Å². The molecule has 31 heavy (non-hydrogen) atoms. The van der Waals surface area contributed by atoms with Gasteiger partial charge >= 0.3 is 0 Å². The van der Waals surface area contributed by atoms with Crippen molar-refractivity contribution in [3.8, 4) is 17.4 Å². The van der Waals surface area contributed by atoms with Crippen molar-refractivity contribution in [3.63, 3.8) is 0 Å². The number of anilines is 1. The van der Waals surface area contributed by atoms with Crippen LogP contribution in [0.1, 0.15) is 18.4 Å². The Bertz CT molecular complexity index is 1110. The maximum atomic E-state index is 12.1. The van der Waals surface area contributed by atoms with Crippen LogP contribution in [0.25, 0.3) is 0 Å². The van der Waals surface area contributed by atoms with E-state index in [0.717, 1.165) is 11.8 Å². The molecule has 1 amide bonds. The molecule has 0 saturated heterocycles. The summed E-state index contributed by atoms with van der Waals surface area (Å²) in [5, 5.41) is 2.78. The normalized spacial score (nSPS) is 11.0. The molecule has 3 aromatic rings. The van der Waals surface area contributed by atoms with Crippen molar-refractivity contribution < 1.29 is 22.7 Å². The van der Waals surface area contributed by atoms with Gasteiger partial charge in [0.1, 0.15) is 11.5 Å². The predicted octanol–water partition coefficient (Wildman–Crippen LogP) is 4.38. The summed E-state index contributed by atoms with van der Waals surface area (Å²) in [6.07, 6.45) is 3.49. The van der Waals surface area contributed by atoms with Crippen LogP contribution in [0.4, 0.5) is 5.69 Å². The van der Waals surface area contributed by atoms with Gasteiger partial charge in [-0.05, 0) is 55.8 Å². The van der Waals surface area contributed by atoms with Crippen LogP contribution in [0.5, 0.6) is 17.4 Å². The average Bonchev–Trinajstić information content (AvgIpc) is 2.74. The molecule has 0 fully saturated rings. The number of ether oxygens (including phenoxy) is 2. The first-order valence-corrected chi connectivity index (χ1v) is 11.6. The van der Waals surface area contributed by atoms with E-state index in [0.29, 0.717) is 36.1 Å². The Morgan fingerprint density at radius 3 is 2.26 bits per heavy atom. The van der Waals surface area contributed by atoms with Crippen LogP contribution >= 0.6 is 0 Å². The van der Waals surface area contributed by atoms with Gasteiger partial charge in [0.15, 0.2) is 9.84 Å². The molecule has 0 aliphatic carbocycles. The van der Waals surface area contributed by atoms with Crippen LogP contribution in [-0.2, 0) is 14.6 Å². The minimum atomic E-state index is -3.23. The number of carbonyl (C=O) groups excluding carboxylic acids is 1. The molecule has 162 valence electrons. The summed E-state index contributed by atoms with van der Waals surface area (Å²) in [5.74, 6) is 1.55. The van der Waals surface area contributed by atoms with Crippen molar-refractivity contribution in [1.82, 2.24) is 4.98 Å². The van der Waals surface area contributed by atoms with E-state index < -0.39 is 9.84 Å². The molecule has 0 atom stereocenters. The third-order valence-electron chi connectivity index (χ3n) is 4.33. The molecule has 3 rings (SSSR count). The lowest BCUT2D eigenvalue weighted by molar-refractivity contribution is -0.116. The smallest absolute Gasteiger partial charge is 0.224 e. The minimum absolute atomic E-state index is 0.148. The largest absolute Gasteiger partial charge is 0.494 e. The molecule has 2 aromatic carbocycles. The highest BCUT2D eigenvalue weighted by atomic mass is 32.2. The highest BCUT2D eigenvalue weighted by Gasteiger charge is 2.07. The molecule has 7 nitrogen and oxygen atoms in total. The first-order chi connectivity index (χ1) is 14.8. The van der Waals surface area contributed by atoms with E-state index in [1.165, 1.54) is 12.1 Å². The molecule has 0 aliphatic rings. The molecular weight excluding hydrogens is 416 g/mol. The van der Waals surface area contributed by atoms with Gasteiger partial charge in [-0.3, -0.25) is 4.79 Å². The second kappa shape index (κ2) is 10.1. The topological polar surface area (TPSA) is 94.6 Å². The van der Waals surface area contributed by atoms with E-state index in [1.807, 2.05) is 31.2 Å². The lowest BCUT2D eigenvalue weighted by Gasteiger charge is -2.08. The number of rotatable bonds is 9. The molecule has 0 radical (unpaired) electrons. The number of nitrogens with zero attached hydrogens (tertiary/aromatic N) is 1. The van der Waals surface area contributed by atoms with Crippen molar-refractivity contribution in [2.24, 2.45) is 0 Å². The number of pyridine rings is 1. The van der Waals surface area contributed by atoms with Gasteiger partial charge in [0.05, 0.1) is 23.4 Å². The summed E-state index contributed by atoms with van der Waals surface area (Å²) in [6, 6.07) is 17.3. The Labute approximate surface area is 182 Å². The summed E-state index contributed by atoms with van der Waals surface area (Å²) in [7, 11) is -3.23. The van der Waals surface area contributed by atoms with Crippen LogP contribution in [0.2, 0.25) is 0 Å². The summed E-state index contributed by atoms with van der Waals surface area (Å²) in [5.41, 5.74) is 1.73. The number of carbonyl (C=O) groups is 1. The molecule has 0 unspecified atom stereocenters. The fourth-order valence-corrected chi connectivity index (χ4v) is 3.30. The van der Waals surface area contributed by atoms with Crippen LogP contribution in [-0.4, -0.2) is 32.2 Å². The molecule has 0 spiro atoms. The molecule has 1 heterocycles. The molecular formula is C23H24N2O5S. The maximum Gasteiger partial charge on any atom is 0.224 e. The van der Waals surface area contributed by atoms with Gasteiger partial charge in [-0.1, -0.05) is 17.7 Å². The number of hydrogen-bond donors (Lipinski definition) is 1. The number of aryl methyl sites for hydroxylation is 1. The Morgan fingerprint density at radius 2 is 1.65 bits per heavy atom. The highest BCUT2D eigenvalue weighted by Crippen LogP contribution is 2.21. The molecule has 0 saturated carbocycles. The van der Waals surface area contributed by atoms with E-state index in [-0.39, 0.29) is 17.2 Å². The molecule has 1 aromatic heterocycles. The average molecular weight is 441 g/mol. The van der Waals surface area contributed by atoms with Gasteiger partial charge < -0.3 is 14.8 Å². The van der Waals surface area contributed by atoms with Crippen molar-refractivity contribution in [2.75, 3.05) is 18.2 Å². The zero-order chi connectivity index (χ0) is 22.3. The fourth-order valence-electron chi connectivity index (χ4n) is 2.67. The van der Waals surface area contributed by atoms with E-state index in [9.17, 15) is 13.2 Å². The van der Waals surface area contributed by atoms with Crippen LogP contribution in [0.15, 0.2) is 71.8 Å². The Hall–Kier alpha value is -3.39. The van der Waals surface area contributed by atoms with Crippen LogP contribution in [0.3, 0.4) is 0 Å². The second-order valence-electron chi connectivity index (χ2n) is 7.04. The van der Waals surface area contributed by atoms with Crippen molar-refractivity contribution in [3.05, 3.63) is 72.4 Å². The van der Waals surface area contributed by atoms with Gasteiger partial charge in [0.25, 0.3) is 0 Å². The summed E-state index contributed by atoms with van der Waals surface area (Å²) in [6.45, 7) is 2.34. The number of nitrogens with one attached hydrogen (secondary N) is 1. The van der Waals surface area contributed by atoms with Crippen LogP contribution < -0.4 is 14.8 Å². The predicted molar refractivity (Wildman–Crippen MR) is 118 cm³/mol. The maximum absolute atomic E-state index is 12.1. The second-order valence-corrected chi connectivity index (χ2v) is 9.06. The molecule has 8 heteroatoms. The monoisotopic (exact) mass is 440 g/mol. The third kappa shape index (κ3) is 7.11. The van der Waals surface area contributed by atoms with E-state index in [2.05, 4.69) is 10.3 Å². The van der Waals surface area contributed by atoms with Gasteiger partial charge in [-0.15, -0.1) is 0 Å². The number of aromatic nitrogens is 1. The standard InChI is InChI=1S/C23H24N2O5S/c1-17-5-8-20(9-6-17)30-23-14-7-18(16-24-23)25-22(26)4-3-15-29-19-10-12-21(13-11-19)31(2,27)28/h5-14,16H,3-4,15H2,1-2H3,(H,25,26). The van der Waals surface area contributed by atoms with Crippen molar-refractivity contribution in [2.45, 2.75) is 24.7 Å². The quantitative estimate of drug-likeness (QED) is 0.496. The lowest BCUT2D eigenvalue weighted by Crippen LogP contribution is -2.13. The van der Waals surface area contributed by atoms with Gasteiger partial charge in [-0.2, -0.15) is 0 Å². The SMILES string of the molecule is Cc1ccc(Oc2ccc(NC(=O)CCCOc3ccc(S(C)(=O)=O)cc3)cn2)cc1. The third-order valence-corrected chi connectivity index (χ3v) is 5.46. The summed E-state index contributed by atoms with van der Waals surface area (Å²) in [4.78, 5) is 16.5. The minimum Gasteiger partial charge on any atom is -0.494 e. The van der Waals surface area contributed by atoms with E-state index in [1.54, 1.807) is 30.5 Å². The Balaban J connectivity index is 1.40. The fraction of sp³-hybridized carbons (Fsp3) is 0.217.